The smallest absolute Gasteiger partial charge is 0.411 e. The van der Waals surface area contributed by atoms with Crippen molar-refractivity contribution in [3.05, 3.63) is 39.9 Å². The molecule has 1 saturated carbocycles. The molecule has 2 rings (SSSR count). The van der Waals surface area contributed by atoms with E-state index in [2.05, 4.69) is 0 Å². The molecule has 1 aliphatic rings. The molecule has 1 amide bonds. The number of non-ortho nitro benzene ring substituents is 1. The van der Waals surface area contributed by atoms with Crippen LogP contribution in [0.5, 0.6) is 0 Å². The maximum Gasteiger partial charge on any atom is 0.411 e. The van der Waals surface area contributed by atoms with Crippen LogP contribution in [0.3, 0.4) is 0 Å². The molecule has 0 saturated heterocycles. The number of ether oxygens (including phenoxy) is 2. The maximum absolute atomic E-state index is 12.9. The van der Waals surface area contributed by atoms with Gasteiger partial charge in [0.2, 0.25) is 0 Å². The van der Waals surface area contributed by atoms with Crippen LogP contribution >= 0.6 is 0 Å². The van der Waals surface area contributed by atoms with Gasteiger partial charge in [-0.25, -0.2) is 9.59 Å². The zero-order valence-corrected chi connectivity index (χ0v) is 17.7. The van der Waals surface area contributed by atoms with E-state index < -0.39 is 28.6 Å². The van der Waals surface area contributed by atoms with Gasteiger partial charge in [-0.1, -0.05) is 13.8 Å². The van der Waals surface area contributed by atoms with Crippen LogP contribution in [-0.2, 0) is 20.9 Å². The second-order valence-corrected chi connectivity index (χ2v) is 8.80. The molecular weight excluding hydrogens is 376 g/mol. The predicted octanol–water partition coefficient (Wildman–Crippen LogP) is 4.45. The van der Waals surface area contributed by atoms with E-state index in [0.29, 0.717) is 12.0 Å². The van der Waals surface area contributed by atoms with Crippen LogP contribution in [0.2, 0.25) is 0 Å². The van der Waals surface area contributed by atoms with E-state index >= 15 is 0 Å². The first kappa shape index (κ1) is 22.6. The molecule has 29 heavy (non-hydrogen) atoms. The average Bonchev–Trinajstić information content (AvgIpc) is 3.42. The largest absolute Gasteiger partial charge is 0.459 e. The Morgan fingerprint density at radius 1 is 1.21 bits per heavy atom. The fourth-order valence-electron chi connectivity index (χ4n) is 2.93. The summed E-state index contributed by atoms with van der Waals surface area (Å²) < 4.78 is 11.0. The molecular formula is C21H30N2O6. The molecule has 1 aromatic carbocycles. The highest BCUT2D eigenvalue weighted by molar-refractivity contribution is 5.82. The minimum Gasteiger partial charge on any atom is -0.459 e. The Hall–Kier alpha value is -2.64. The van der Waals surface area contributed by atoms with Crippen molar-refractivity contribution in [3.8, 4) is 0 Å². The van der Waals surface area contributed by atoms with Gasteiger partial charge in [-0.2, -0.15) is 0 Å². The van der Waals surface area contributed by atoms with Gasteiger partial charge in [0.05, 0.1) is 4.92 Å². The standard InChI is InChI=1S/C21H30N2O6/c1-14(2)12-18(22(16-10-11-16)20(25)29-21(3,4)5)19(24)28-13-15-6-8-17(9-7-15)23(26)27/h6-9,14,16,18H,10-13H2,1-5H3/t18-/m0/s1. The van der Waals surface area contributed by atoms with Gasteiger partial charge in [0.25, 0.3) is 5.69 Å². The molecule has 1 aliphatic carbocycles. The lowest BCUT2D eigenvalue weighted by atomic mass is 10.0. The molecule has 8 heteroatoms. The molecule has 0 aromatic heterocycles. The number of rotatable bonds is 8. The van der Waals surface area contributed by atoms with Crippen molar-refractivity contribution in [1.82, 2.24) is 4.90 Å². The minimum absolute atomic E-state index is 0.0134. The fraction of sp³-hybridized carbons (Fsp3) is 0.619. The van der Waals surface area contributed by atoms with Gasteiger partial charge in [0.15, 0.2) is 0 Å². The van der Waals surface area contributed by atoms with Crippen molar-refractivity contribution in [1.29, 1.82) is 0 Å². The number of hydrogen-bond donors (Lipinski definition) is 0. The summed E-state index contributed by atoms with van der Waals surface area (Å²) in [6, 6.07) is 5.10. The Morgan fingerprint density at radius 2 is 1.79 bits per heavy atom. The SMILES string of the molecule is CC(C)C[C@@H](C(=O)OCc1ccc([N+](=O)[O-])cc1)N(C(=O)OC(C)(C)C)C1CC1. The summed E-state index contributed by atoms with van der Waals surface area (Å²) in [5.74, 6) is -0.314. The second-order valence-electron chi connectivity index (χ2n) is 8.80. The van der Waals surface area contributed by atoms with Gasteiger partial charge in [-0.15, -0.1) is 0 Å². The Balaban J connectivity index is 2.11. The minimum atomic E-state index is -0.726. The van der Waals surface area contributed by atoms with Crippen molar-refractivity contribution < 1.29 is 24.0 Å². The lowest BCUT2D eigenvalue weighted by Gasteiger charge is -2.33. The summed E-state index contributed by atoms with van der Waals surface area (Å²) in [6.45, 7) is 9.33. The van der Waals surface area contributed by atoms with Crippen molar-refractivity contribution in [3.63, 3.8) is 0 Å². The van der Waals surface area contributed by atoms with Gasteiger partial charge >= 0.3 is 12.1 Å². The van der Waals surface area contributed by atoms with Crippen LogP contribution < -0.4 is 0 Å². The highest BCUT2D eigenvalue weighted by Gasteiger charge is 2.43. The fourth-order valence-corrected chi connectivity index (χ4v) is 2.93. The van der Waals surface area contributed by atoms with Crippen LogP contribution in [0.25, 0.3) is 0 Å². The molecule has 0 heterocycles. The molecule has 8 nitrogen and oxygen atoms in total. The molecule has 0 unspecified atom stereocenters. The summed E-state index contributed by atoms with van der Waals surface area (Å²) in [5.41, 5.74) is -0.0417. The molecule has 1 fully saturated rings. The third kappa shape index (κ3) is 7.03. The van der Waals surface area contributed by atoms with Crippen molar-refractivity contribution in [2.24, 2.45) is 5.92 Å². The van der Waals surface area contributed by atoms with Crippen molar-refractivity contribution in [2.45, 2.75) is 78.2 Å². The lowest BCUT2D eigenvalue weighted by molar-refractivity contribution is -0.384. The Morgan fingerprint density at radius 3 is 2.24 bits per heavy atom. The normalized spacial score (nSPS) is 15.0. The van der Waals surface area contributed by atoms with Crippen LogP contribution in [-0.4, -0.2) is 39.6 Å². The number of carbonyl (C=O) groups is 2. The van der Waals surface area contributed by atoms with Crippen LogP contribution in [0, 0.1) is 16.0 Å². The molecule has 160 valence electrons. The summed E-state index contributed by atoms with van der Waals surface area (Å²) in [5, 5.41) is 10.7. The molecule has 1 atom stereocenters. The lowest BCUT2D eigenvalue weighted by Crippen LogP contribution is -2.49. The molecule has 0 radical (unpaired) electrons. The number of benzene rings is 1. The third-order valence-electron chi connectivity index (χ3n) is 4.38. The van der Waals surface area contributed by atoms with E-state index in [1.807, 2.05) is 13.8 Å². The van der Waals surface area contributed by atoms with Crippen molar-refractivity contribution >= 4 is 17.7 Å². The average molecular weight is 406 g/mol. The van der Waals surface area contributed by atoms with E-state index in [4.69, 9.17) is 9.47 Å². The zero-order chi connectivity index (χ0) is 21.8. The molecule has 0 N–H and O–H groups in total. The highest BCUT2D eigenvalue weighted by Crippen LogP contribution is 2.32. The highest BCUT2D eigenvalue weighted by atomic mass is 16.6. The van der Waals surface area contributed by atoms with Gasteiger partial charge in [0.1, 0.15) is 18.2 Å². The maximum atomic E-state index is 12.9. The summed E-state index contributed by atoms with van der Waals surface area (Å²) in [4.78, 5) is 37.5. The Bertz CT molecular complexity index is 735. The number of nitro groups is 1. The quantitative estimate of drug-likeness (QED) is 0.359. The Labute approximate surface area is 171 Å². The first-order chi connectivity index (χ1) is 13.5. The molecule has 0 spiro atoms. The number of nitro benzene ring substituents is 1. The zero-order valence-electron chi connectivity index (χ0n) is 17.7. The first-order valence-electron chi connectivity index (χ1n) is 9.89. The monoisotopic (exact) mass is 406 g/mol. The van der Waals surface area contributed by atoms with E-state index in [1.54, 1.807) is 32.9 Å². The van der Waals surface area contributed by atoms with E-state index in [9.17, 15) is 19.7 Å². The Kier molecular flexibility index (Phi) is 7.21. The summed E-state index contributed by atoms with van der Waals surface area (Å²) in [7, 11) is 0. The van der Waals surface area contributed by atoms with Gasteiger partial charge in [0, 0.05) is 18.2 Å². The predicted molar refractivity (Wildman–Crippen MR) is 107 cm³/mol. The van der Waals surface area contributed by atoms with E-state index in [-0.39, 0.29) is 24.3 Å². The number of nitrogens with zero attached hydrogens (tertiary/aromatic N) is 2. The third-order valence-corrected chi connectivity index (χ3v) is 4.38. The topological polar surface area (TPSA) is 99.0 Å². The number of amides is 1. The molecule has 0 aliphatic heterocycles. The first-order valence-corrected chi connectivity index (χ1v) is 9.89. The van der Waals surface area contributed by atoms with E-state index in [0.717, 1.165) is 12.8 Å². The summed E-state index contributed by atoms with van der Waals surface area (Å²) in [6.07, 6.45) is 1.64. The van der Waals surface area contributed by atoms with Crippen LogP contribution in [0.1, 0.15) is 59.4 Å². The van der Waals surface area contributed by atoms with Crippen LogP contribution in [0.4, 0.5) is 10.5 Å². The molecule has 0 bridgehead atoms. The molecule has 1 aromatic rings. The number of carbonyl (C=O) groups excluding carboxylic acids is 2. The van der Waals surface area contributed by atoms with Gasteiger partial charge < -0.3 is 9.47 Å². The second kappa shape index (κ2) is 9.24. The van der Waals surface area contributed by atoms with Crippen LogP contribution in [0.15, 0.2) is 24.3 Å². The summed E-state index contributed by atoms with van der Waals surface area (Å²) >= 11 is 0. The number of hydrogen-bond acceptors (Lipinski definition) is 6. The van der Waals surface area contributed by atoms with E-state index in [1.165, 1.54) is 17.0 Å². The van der Waals surface area contributed by atoms with Gasteiger partial charge in [-0.3, -0.25) is 15.0 Å². The van der Waals surface area contributed by atoms with Crippen molar-refractivity contribution in [2.75, 3.05) is 0 Å². The van der Waals surface area contributed by atoms with Gasteiger partial charge in [-0.05, 0) is 63.6 Å². The number of esters is 1.